The SMILES string of the molecule is CSc1c2sc(C3=C(C(=O)OCc4ccc([N+](=O)[O-])cc4)N4C(=O)[C@H]([C@@H](C)O)[C@H]4[C@H]3C)cn2c[n+]1CC(=O)NOC(=O)OCc1ccc([N+](=O)[O-])cc1.[I-]. The number of fused-ring (bicyclic) bond motifs is 2. The molecular formula is C33H31IN6O12S2. The number of aliphatic hydroxyl groups is 1. The van der Waals surface area contributed by atoms with E-state index >= 15 is 0 Å². The maximum absolute atomic E-state index is 13.7. The Balaban J connectivity index is 0.00000561. The number of nitrogens with zero attached hydrogens (tertiary/aromatic N) is 5. The molecule has 0 unspecified atom stereocenters. The maximum Gasteiger partial charge on any atom is 0.533 e. The number of hydroxylamine groups is 1. The van der Waals surface area contributed by atoms with Crippen molar-refractivity contribution in [3.8, 4) is 0 Å². The van der Waals surface area contributed by atoms with E-state index in [1.54, 1.807) is 21.5 Å². The van der Waals surface area contributed by atoms with Gasteiger partial charge in [-0.15, -0.1) is 0 Å². The van der Waals surface area contributed by atoms with Crippen LogP contribution in [0.1, 0.15) is 29.9 Å². The van der Waals surface area contributed by atoms with Gasteiger partial charge in [-0.05, 0) is 48.6 Å². The van der Waals surface area contributed by atoms with Crippen LogP contribution in [0.4, 0.5) is 16.2 Å². The van der Waals surface area contributed by atoms with Crippen molar-refractivity contribution in [1.82, 2.24) is 14.8 Å². The van der Waals surface area contributed by atoms with Crippen LogP contribution in [0.25, 0.3) is 10.4 Å². The van der Waals surface area contributed by atoms with Crippen LogP contribution in [0.3, 0.4) is 0 Å². The normalized spacial score (nSPS) is 18.0. The van der Waals surface area contributed by atoms with Gasteiger partial charge in [0, 0.05) is 35.8 Å². The fourth-order valence-electron chi connectivity index (χ4n) is 6.36. The number of esters is 1. The van der Waals surface area contributed by atoms with Gasteiger partial charge in [0.05, 0.1) is 32.8 Å². The highest BCUT2D eigenvalue weighted by Crippen LogP contribution is 2.52. The maximum atomic E-state index is 13.7. The first-order valence-corrected chi connectivity index (χ1v) is 17.9. The number of ether oxygens (including phenoxy) is 2. The van der Waals surface area contributed by atoms with Crippen molar-refractivity contribution in [2.24, 2.45) is 11.8 Å². The zero-order valence-corrected chi connectivity index (χ0v) is 32.4. The summed E-state index contributed by atoms with van der Waals surface area (Å²) >= 11 is 2.67. The molecule has 2 aromatic heterocycles. The highest BCUT2D eigenvalue weighted by atomic mass is 127. The highest BCUT2D eigenvalue weighted by molar-refractivity contribution is 7.98. The van der Waals surface area contributed by atoms with Gasteiger partial charge >= 0.3 is 12.1 Å². The number of halogens is 1. The predicted molar refractivity (Wildman–Crippen MR) is 185 cm³/mol. The number of carbonyl (C=O) groups excluding carboxylic acids is 4. The Labute approximate surface area is 330 Å². The van der Waals surface area contributed by atoms with Crippen molar-refractivity contribution in [2.75, 3.05) is 6.26 Å². The molecular weight excluding hydrogens is 863 g/mol. The predicted octanol–water partition coefficient (Wildman–Crippen LogP) is 0.527. The van der Waals surface area contributed by atoms with E-state index in [1.807, 2.05) is 18.7 Å². The average Bonchev–Trinajstić information content (AvgIpc) is 3.75. The molecule has 0 aliphatic carbocycles. The summed E-state index contributed by atoms with van der Waals surface area (Å²) in [6.45, 7) is 2.73. The van der Waals surface area contributed by atoms with E-state index < -0.39 is 51.8 Å². The van der Waals surface area contributed by atoms with Crippen LogP contribution in [0, 0.1) is 32.1 Å². The Morgan fingerprint density at radius 3 is 2.13 bits per heavy atom. The molecule has 284 valence electrons. The number of thiazole rings is 1. The van der Waals surface area contributed by atoms with Crippen molar-refractivity contribution >= 4 is 68.8 Å². The monoisotopic (exact) mass is 894 g/mol. The summed E-state index contributed by atoms with van der Waals surface area (Å²) in [6, 6.07) is 10.4. The van der Waals surface area contributed by atoms with Crippen LogP contribution in [0.5, 0.6) is 0 Å². The minimum absolute atomic E-state index is 0. The molecule has 4 aromatic rings. The minimum Gasteiger partial charge on any atom is -1.00 e. The van der Waals surface area contributed by atoms with Crippen molar-refractivity contribution in [1.29, 1.82) is 0 Å². The molecule has 2 aliphatic rings. The van der Waals surface area contributed by atoms with Crippen LogP contribution in [0.2, 0.25) is 0 Å². The summed E-state index contributed by atoms with van der Waals surface area (Å²) in [5.74, 6) is -2.90. The molecule has 0 bridgehead atoms. The van der Waals surface area contributed by atoms with Gasteiger partial charge in [-0.1, -0.05) is 30.0 Å². The summed E-state index contributed by atoms with van der Waals surface area (Å²) in [5, 5.41) is 32.9. The van der Waals surface area contributed by atoms with E-state index in [4.69, 9.17) is 14.3 Å². The van der Waals surface area contributed by atoms with Crippen LogP contribution < -0.4 is 34.0 Å². The van der Waals surface area contributed by atoms with Crippen LogP contribution in [-0.4, -0.2) is 66.6 Å². The number of hydrogen-bond acceptors (Lipinski definition) is 14. The molecule has 0 spiro atoms. The Morgan fingerprint density at radius 1 is 1.02 bits per heavy atom. The number of thioether (sulfide) groups is 1. The number of rotatable bonds is 12. The largest absolute Gasteiger partial charge is 1.00 e. The number of hydrogen-bond donors (Lipinski definition) is 2. The van der Waals surface area contributed by atoms with Crippen molar-refractivity contribution in [3.63, 3.8) is 0 Å². The number of aromatic nitrogens is 2. The van der Waals surface area contributed by atoms with E-state index in [2.05, 4.69) is 0 Å². The van der Waals surface area contributed by atoms with Crippen molar-refractivity contribution < 1.29 is 77.0 Å². The molecule has 54 heavy (non-hydrogen) atoms. The van der Waals surface area contributed by atoms with E-state index in [0.717, 1.165) is 4.83 Å². The third-order valence-electron chi connectivity index (χ3n) is 8.81. The van der Waals surface area contributed by atoms with Gasteiger partial charge in [-0.3, -0.25) is 29.8 Å². The Hall–Kier alpha value is -5.13. The quantitative estimate of drug-likeness (QED) is 0.0377. The zero-order chi connectivity index (χ0) is 38.1. The summed E-state index contributed by atoms with van der Waals surface area (Å²) in [4.78, 5) is 79.9. The van der Waals surface area contributed by atoms with E-state index in [0.29, 0.717) is 26.6 Å². The van der Waals surface area contributed by atoms with Gasteiger partial charge < -0.3 is 48.3 Å². The molecule has 1 fully saturated rings. The molecule has 0 saturated carbocycles. The van der Waals surface area contributed by atoms with E-state index in [-0.39, 0.29) is 66.7 Å². The fourth-order valence-corrected chi connectivity index (χ4v) is 8.54. The van der Waals surface area contributed by atoms with Crippen molar-refractivity contribution in [3.05, 3.63) is 103 Å². The van der Waals surface area contributed by atoms with Crippen molar-refractivity contribution in [2.45, 2.75) is 50.8 Å². The lowest BCUT2D eigenvalue weighted by Gasteiger charge is -2.46. The number of non-ortho nitro benzene ring substituents is 2. The number of β-lactam (4-membered cyclic amide) rings is 1. The molecule has 6 rings (SSSR count). The minimum atomic E-state index is -1.18. The second-order valence-corrected chi connectivity index (χ2v) is 14.0. The number of nitrogens with one attached hydrogen (secondary N) is 1. The second kappa shape index (κ2) is 16.5. The van der Waals surface area contributed by atoms with E-state index in [1.165, 1.54) is 83.5 Å². The van der Waals surface area contributed by atoms with Gasteiger partial charge in [0.1, 0.15) is 25.1 Å². The molecule has 1 saturated heterocycles. The fraction of sp³-hybridized carbons (Fsp3) is 0.303. The lowest BCUT2D eigenvalue weighted by Crippen LogP contribution is -3.00. The lowest BCUT2D eigenvalue weighted by molar-refractivity contribution is -0.718. The number of benzene rings is 2. The summed E-state index contributed by atoms with van der Waals surface area (Å²) < 4.78 is 14.0. The Kier molecular flexibility index (Phi) is 12.2. The summed E-state index contributed by atoms with van der Waals surface area (Å²) in [6.07, 6.45) is 3.10. The van der Waals surface area contributed by atoms with E-state index in [9.17, 15) is 44.5 Å². The molecule has 18 nitrogen and oxygen atoms in total. The van der Waals surface area contributed by atoms with Gasteiger partial charge in [-0.2, -0.15) is 9.88 Å². The van der Waals surface area contributed by atoms with Crippen LogP contribution in [0.15, 0.2) is 71.8 Å². The summed E-state index contributed by atoms with van der Waals surface area (Å²) in [5.41, 5.74) is 3.42. The number of aliphatic hydroxyl groups excluding tert-OH is 1. The molecule has 4 atom stereocenters. The van der Waals surface area contributed by atoms with Gasteiger partial charge in [0.15, 0.2) is 6.54 Å². The third-order valence-corrected chi connectivity index (χ3v) is 10.9. The molecule has 2 amide bonds. The average molecular weight is 895 g/mol. The molecule has 21 heteroatoms. The number of nitro benzene ring substituents is 2. The van der Waals surface area contributed by atoms with Gasteiger partial charge in [0.25, 0.3) is 23.6 Å². The summed E-state index contributed by atoms with van der Waals surface area (Å²) in [7, 11) is 0. The molecule has 2 aromatic carbocycles. The number of nitro groups is 2. The number of carbonyl (C=O) groups is 4. The first kappa shape index (κ1) is 40.1. The zero-order valence-electron chi connectivity index (χ0n) is 28.6. The number of amides is 2. The van der Waals surface area contributed by atoms with Crippen LogP contribution in [-0.2, 0) is 48.5 Å². The molecule has 2 aliphatic heterocycles. The number of imidazole rings is 1. The van der Waals surface area contributed by atoms with Gasteiger partial charge in [0.2, 0.25) is 15.8 Å². The topological polar surface area (TPSA) is 226 Å². The first-order chi connectivity index (χ1) is 25.3. The molecule has 0 radical (unpaired) electrons. The van der Waals surface area contributed by atoms with Gasteiger partial charge in [-0.25, -0.2) is 14.2 Å². The second-order valence-electron chi connectivity index (χ2n) is 12.2. The lowest BCUT2D eigenvalue weighted by atomic mass is 9.77. The third kappa shape index (κ3) is 7.88. The Bertz CT molecular complexity index is 2170. The standard InChI is InChI=1S/C33H30N6O12S2.HI/c1-17-25(28(37-27(17)26(18(2)40)29(37)42)32(43)49-14-19-4-8-21(9-5-19)38(45)46)23-12-35-16-36(30(52-3)31(35)53-23)13-24(41)34-51-33(44)50-15-20-6-10-22(11-7-20)39(47)48;/h4-12,16-18,26-27,40H,13-15H2,1-3H3;1H/t17-,18+,26+,27+;/m0./s1. The first-order valence-electron chi connectivity index (χ1n) is 15.9. The molecule has 2 N–H and O–H groups in total. The molecule has 4 heterocycles. The smallest absolute Gasteiger partial charge is 0.533 e. The highest BCUT2D eigenvalue weighted by Gasteiger charge is 2.60. The Morgan fingerprint density at radius 2 is 1.59 bits per heavy atom. The van der Waals surface area contributed by atoms with Crippen LogP contribution >= 0.6 is 23.1 Å².